The zero-order chi connectivity index (χ0) is 20.7. The van der Waals surface area contributed by atoms with Crippen molar-refractivity contribution in [3.63, 3.8) is 0 Å². The van der Waals surface area contributed by atoms with Crippen molar-refractivity contribution in [3.8, 4) is 27.7 Å². The van der Waals surface area contributed by atoms with Crippen LogP contribution in [0.2, 0.25) is 5.02 Å². The number of carbonyl (C=O) groups is 1. The lowest BCUT2D eigenvalue weighted by Gasteiger charge is -2.38. The summed E-state index contributed by atoms with van der Waals surface area (Å²) in [6.07, 6.45) is 0.482. The van der Waals surface area contributed by atoms with Gasteiger partial charge in [0, 0.05) is 21.3 Å². The van der Waals surface area contributed by atoms with Crippen molar-refractivity contribution in [2.24, 2.45) is 0 Å². The quantitative estimate of drug-likeness (QED) is 0.344. The van der Waals surface area contributed by atoms with Crippen molar-refractivity contribution in [2.45, 2.75) is 12.5 Å². The summed E-state index contributed by atoms with van der Waals surface area (Å²) in [5.74, 6) is 0.890. The molecule has 30 heavy (non-hydrogen) atoms. The molecule has 150 valence electrons. The molecule has 3 heterocycles. The molecule has 2 aromatic carbocycles. The number of halogens is 1. The first kappa shape index (κ1) is 19.2. The molecule has 5 rings (SSSR count). The summed E-state index contributed by atoms with van der Waals surface area (Å²) in [6, 6.07) is 15.4. The smallest absolute Gasteiger partial charge is 0.231 e. The van der Waals surface area contributed by atoms with Crippen molar-refractivity contribution >= 4 is 45.3 Å². The Balaban J connectivity index is 1.38. The highest BCUT2D eigenvalue weighted by atomic mass is 35.5. The van der Waals surface area contributed by atoms with Gasteiger partial charge in [0.05, 0.1) is 25.3 Å². The lowest BCUT2D eigenvalue weighted by atomic mass is 9.95. The molecule has 0 bridgehead atoms. The second-order valence-corrected chi connectivity index (χ2v) is 8.95. The molecule has 5 nitrogen and oxygen atoms in total. The lowest BCUT2D eigenvalue weighted by Crippen LogP contribution is -2.46. The van der Waals surface area contributed by atoms with Crippen LogP contribution in [0.25, 0.3) is 22.0 Å². The largest absolute Gasteiger partial charge is 0.497 e. The second-order valence-electron chi connectivity index (χ2n) is 6.82. The van der Waals surface area contributed by atoms with Gasteiger partial charge in [0.1, 0.15) is 16.5 Å². The van der Waals surface area contributed by atoms with Crippen molar-refractivity contribution in [3.05, 3.63) is 69.9 Å². The molecule has 0 saturated carbocycles. The molecular weight excluding hydrogens is 438 g/mol. The van der Waals surface area contributed by atoms with Gasteiger partial charge in [0.2, 0.25) is 5.91 Å². The average Bonchev–Trinajstić information content (AvgIpc) is 3.43. The predicted octanol–water partition coefficient (Wildman–Crippen LogP) is 6.07. The van der Waals surface area contributed by atoms with Gasteiger partial charge in [-0.25, -0.2) is 9.97 Å². The maximum absolute atomic E-state index is 12.3. The number of rotatable bonds is 5. The Kier molecular flexibility index (Phi) is 5.02. The van der Waals surface area contributed by atoms with Crippen LogP contribution < -0.4 is 9.64 Å². The molecule has 1 atom stereocenters. The van der Waals surface area contributed by atoms with E-state index in [0.717, 1.165) is 33.3 Å². The fourth-order valence-electron chi connectivity index (χ4n) is 3.37. The van der Waals surface area contributed by atoms with Crippen LogP contribution in [0.3, 0.4) is 0 Å². The first-order valence-corrected chi connectivity index (χ1v) is 11.4. The molecule has 0 aliphatic carbocycles. The van der Waals surface area contributed by atoms with E-state index in [-0.39, 0.29) is 11.9 Å². The van der Waals surface area contributed by atoms with E-state index in [4.69, 9.17) is 26.3 Å². The summed E-state index contributed by atoms with van der Waals surface area (Å²) in [6.45, 7) is 0. The van der Waals surface area contributed by atoms with Gasteiger partial charge in [-0.15, -0.1) is 22.7 Å². The minimum Gasteiger partial charge on any atom is -0.497 e. The van der Waals surface area contributed by atoms with E-state index < -0.39 is 0 Å². The molecule has 0 radical (unpaired) electrons. The van der Waals surface area contributed by atoms with Crippen LogP contribution in [0.15, 0.2) is 59.3 Å². The first-order chi connectivity index (χ1) is 14.6. The number of amides is 1. The van der Waals surface area contributed by atoms with E-state index in [9.17, 15) is 4.79 Å². The molecule has 4 aromatic rings. The maximum Gasteiger partial charge on any atom is 0.231 e. The summed E-state index contributed by atoms with van der Waals surface area (Å²) in [4.78, 5) is 23.5. The zero-order valence-electron chi connectivity index (χ0n) is 15.9. The van der Waals surface area contributed by atoms with Crippen molar-refractivity contribution in [2.75, 3.05) is 12.0 Å². The SMILES string of the molecule is COc1ccc(-c2csc(-c3csc(N4C(=O)CC4c4ccc(Cl)cc4)n3)n2)cc1. The topological polar surface area (TPSA) is 55.3 Å². The van der Waals surface area contributed by atoms with Gasteiger partial charge in [0.25, 0.3) is 0 Å². The van der Waals surface area contributed by atoms with E-state index in [2.05, 4.69) is 0 Å². The van der Waals surface area contributed by atoms with E-state index >= 15 is 0 Å². The van der Waals surface area contributed by atoms with Crippen molar-refractivity contribution in [1.82, 2.24) is 9.97 Å². The fourth-order valence-corrected chi connectivity index (χ4v) is 5.23. The Morgan fingerprint density at radius 2 is 1.73 bits per heavy atom. The Morgan fingerprint density at radius 3 is 2.43 bits per heavy atom. The highest BCUT2D eigenvalue weighted by molar-refractivity contribution is 7.16. The summed E-state index contributed by atoms with van der Waals surface area (Å²) >= 11 is 8.99. The molecule has 1 aliphatic rings. The number of benzene rings is 2. The van der Waals surface area contributed by atoms with Gasteiger partial charge in [-0.05, 0) is 42.0 Å². The fraction of sp³-hybridized carbons (Fsp3) is 0.136. The van der Waals surface area contributed by atoms with E-state index in [1.165, 1.54) is 11.3 Å². The van der Waals surface area contributed by atoms with Crippen LogP contribution in [0, 0.1) is 0 Å². The van der Waals surface area contributed by atoms with Gasteiger partial charge in [-0.1, -0.05) is 23.7 Å². The monoisotopic (exact) mass is 453 g/mol. The number of hydrogen-bond donors (Lipinski definition) is 0. The second kappa shape index (κ2) is 7.83. The highest BCUT2D eigenvalue weighted by Crippen LogP contribution is 2.42. The molecule has 1 amide bonds. The summed E-state index contributed by atoms with van der Waals surface area (Å²) in [7, 11) is 1.65. The van der Waals surface area contributed by atoms with Gasteiger partial charge >= 0.3 is 0 Å². The van der Waals surface area contributed by atoms with Crippen LogP contribution in [0.4, 0.5) is 5.13 Å². The number of thiazole rings is 2. The highest BCUT2D eigenvalue weighted by Gasteiger charge is 2.40. The van der Waals surface area contributed by atoms with Gasteiger partial charge in [-0.3, -0.25) is 9.69 Å². The van der Waals surface area contributed by atoms with Crippen LogP contribution in [-0.4, -0.2) is 23.0 Å². The Bertz CT molecular complexity index is 1200. The number of methoxy groups -OCH3 is 1. The third-order valence-electron chi connectivity index (χ3n) is 5.01. The van der Waals surface area contributed by atoms with E-state index in [0.29, 0.717) is 16.6 Å². The number of nitrogens with zero attached hydrogens (tertiary/aromatic N) is 3. The normalized spacial score (nSPS) is 15.9. The minimum atomic E-state index is -0.0000725. The van der Waals surface area contributed by atoms with Crippen LogP contribution in [-0.2, 0) is 4.79 Å². The molecule has 1 unspecified atom stereocenters. The zero-order valence-corrected chi connectivity index (χ0v) is 18.3. The molecule has 1 saturated heterocycles. The summed E-state index contributed by atoms with van der Waals surface area (Å²) in [5, 5.41) is 6.18. The van der Waals surface area contributed by atoms with E-state index in [1.54, 1.807) is 23.3 Å². The molecule has 0 N–H and O–H groups in total. The average molecular weight is 454 g/mol. The standard InChI is InChI=1S/C22H16ClN3O2S2/c1-28-16-8-4-13(5-9-16)17-11-29-21(24-17)18-12-30-22(25-18)26-19(10-20(26)27)14-2-6-15(23)7-3-14/h2-9,11-12,19H,10H2,1H3. The van der Waals surface area contributed by atoms with Gasteiger partial charge < -0.3 is 4.74 Å². The summed E-state index contributed by atoms with van der Waals surface area (Å²) < 4.78 is 5.21. The van der Waals surface area contributed by atoms with Crippen molar-refractivity contribution in [1.29, 1.82) is 0 Å². The molecule has 0 spiro atoms. The third kappa shape index (κ3) is 3.49. The summed E-state index contributed by atoms with van der Waals surface area (Å²) in [5.41, 5.74) is 3.77. The Labute approximate surface area is 186 Å². The number of ether oxygens (including phenoxy) is 1. The number of carbonyl (C=O) groups excluding carboxylic acids is 1. The molecule has 2 aromatic heterocycles. The minimum absolute atomic E-state index is 0.0000725. The first-order valence-electron chi connectivity index (χ1n) is 9.26. The predicted molar refractivity (Wildman–Crippen MR) is 122 cm³/mol. The molecule has 1 fully saturated rings. The van der Waals surface area contributed by atoms with Gasteiger partial charge in [0.15, 0.2) is 5.13 Å². The number of β-lactam (4-membered cyclic amide) rings is 1. The number of aromatic nitrogens is 2. The molecule has 1 aliphatic heterocycles. The maximum atomic E-state index is 12.3. The molecular formula is C22H16ClN3O2S2. The Morgan fingerprint density at radius 1 is 1.00 bits per heavy atom. The van der Waals surface area contributed by atoms with Crippen molar-refractivity contribution < 1.29 is 9.53 Å². The molecule has 8 heteroatoms. The number of anilines is 1. The van der Waals surface area contributed by atoms with Crippen LogP contribution in [0.5, 0.6) is 5.75 Å². The number of hydrogen-bond acceptors (Lipinski definition) is 6. The van der Waals surface area contributed by atoms with Gasteiger partial charge in [-0.2, -0.15) is 0 Å². The Hall–Kier alpha value is -2.74. The van der Waals surface area contributed by atoms with Crippen LogP contribution in [0.1, 0.15) is 18.0 Å². The lowest BCUT2D eigenvalue weighted by molar-refractivity contribution is -0.124. The van der Waals surface area contributed by atoms with Crippen LogP contribution >= 0.6 is 34.3 Å². The van der Waals surface area contributed by atoms with E-state index in [1.807, 2.05) is 59.3 Å². The third-order valence-corrected chi connectivity index (χ3v) is 6.97.